The molecule has 10 heteroatoms. The van der Waals surface area contributed by atoms with E-state index in [0.717, 1.165) is 40.9 Å². The summed E-state index contributed by atoms with van der Waals surface area (Å²) in [5.41, 5.74) is 3.05. The normalized spacial score (nSPS) is 14.0. The number of hydrogen-bond acceptors (Lipinski definition) is 9. The third kappa shape index (κ3) is 4.20. The van der Waals surface area contributed by atoms with E-state index in [1.165, 1.54) is 0 Å². The standard InChI is InChI=1S/C22H25N5O5/c1-14(6-21(29)32-13-28)10-27-18-4-5-26(11-15(18)9-25-27)22-16-7-19(30-2)20(31-3)8-17(16)23-12-24-22/h7-9,12-14H,4-6,10-11H2,1-3H3. The number of esters is 1. The molecule has 1 aromatic carbocycles. The first kappa shape index (κ1) is 21.5. The van der Waals surface area contributed by atoms with Gasteiger partial charge in [0.15, 0.2) is 11.5 Å². The molecule has 1 aliphatic rings. The number of ether oxygens (including phenoxy) is 3. The second kappa shape index (κ2) is 9.21. The Balaban J connectivity index is 1.55. The second-order valence-corrected chi connectivity index (χ2v) is 7.79. The molecule has 4 rings (SSSR count). The minimum Gasteiger partial charge on any atom is -0.493 e. The summed E-state index contributed by atoms with van der Waals surface area (Å²) in [6, 6.07) is 3.76. The Morgan fingerprint density at radius 1 is 1.22 bits per heavy atom. The van der Waals surface area contributed by atoms with Crippen molar-refractivity contribution in [3.63, 3.8) is 0 Å². The van der Waals surface area contributed by atoms with Crippen LogP contribution in [0.3, 0.4) is 0 Å². The maximum atomic E-state index is 11.5. The van der Waals surface area contributed by atoms with Crippen LogP contribution in [0.4, 0.5) is 5.82 Å². The fraction of sp³-hybridized carbons (Fsp3) is 0.409. The predicted molar refractivity (Wildman–Crippen MR) is 116 cm³/mol. The molecule has 0 spiro atoms. The molecule has 1 aliphatic heterocycles. The van der Waals surface area contributed by atoms with Crippen LogP contribution in [0, 0.1) is 5.92 Å². The van der Waals surface area contributed by atoms with Crippen molar-refractivity contribution in [2.45, 2.75) is 32.9 Å². The lowest BCUT2D eigenvalue weighted by Gasteiger charge is -2.29. The first-order chi connectivity index (χ1) is 15.5. The number of carbonyl (C=O) groups is 2. The van der Waals surface area contributed by atoms with E-state index < -0.39 is 5.97 Å². The van der Waals surface area contributed by atoms with Crippen LogP contribution in [0.15, 0.2) is 24.7 Å². The van der Waals surface area contributed by atoms with Gasteiger partial charge in [-0.15, -0.1) is 0 Å². The van der Waals surface area contributed by atoms with E-state index in [1.807, 2.05) is 29.9 Å². The number of anilines is 1. The average Bonchev–Trinajstić information content (AvgIpc) is 3.19. The van der Waals surface area contributed by atoms with Crippen LogP contribution < -0.4 is 14.4 Å². The van der Waals surface area contributed by atoms with Gasteiger partial charge in [0.05, 0.1) is 32.4 Å². The zero-order valence-corrected chi connectivity index (χ0v) is 18.3. The highest BCUT2D eigenvalue weighted by Gasteiger charge is 2.24. The van der Waals surface area contributed by atoms with Crippen molar-refractivity contribution in [1.82, 2.24) is 19.7 Å². The summed E-state index contributed by atoms with van der Waals surface area (Å²) in [7, 11) is 3.20. The van der Waals surface area contributed by atoms with Crippen LogP contribution in [0.25, 0.3) is 10.9 Å². The van der Waals surface area contributed by atoms with Crippen molar-refractivity contribution in [2.24, 2.45) is 5.92 Å². The Bertz CT molecular complexity index is 1150. The fourth-order valence-corrected chi connectivity index (χ4v) is 4.10. The van der Waals surface area contributed by atoms with Gasteiger partial charge >= 0.3 is 12.4 Å². The molecule has 10 nitrogen and oxygen atoms in total. The topological polar surface area (TPSA) is 109 Å². The molecule has 0 N–H and O–H groups in total. The van der Waals surface area contributed by atoms with Crippen LogP contribution in [0.5, 0.6) is 11.5 Å². The van der Waals surface area contributed by atoms with Crippen LogP contribution >= 0.6 is 0 Å². The van der Waals surface area contributed by atoms with Gasteiger partial charge in [0.25, 0.3) is 0 Å². The Labute approximate surface area is 185 Å². The number of aromatic nitrogens is 4. The van der Waals surface area contributed by atoms with E-state index in [2.05, 4.69) is 24.7 Å². The van der Waals surface area contributed by atoms with Crippen LogP contribution in [0.2, 0.25) is 0 Å². The summed E-state index contributed by atoms with van der Waals surface area (Å²) in [4.78, 5) is 33.0. The molecule has 0 amide bonds. The Morgan fingerprint density at radius 3 is 2.75 bits per heavy atom. The SMILES string of the molecule is COc1cc2ncnc(N3CCc4c(cnn4CC(C)CC(=O)OC=O)C3)c2cc1OC. The maximum absolute atomic E-state index is 11.5. The summed E-state index contributed by atoms with van der Waals surface area (Å²) in [5, 5.41) is 5.42. The number of methoxy groups -OCH3 is 2. The summed E-state index contributed by atoms with van der Waals surface area (Å²) < 4.78 is 17.2. The molecule has 0 fully saturated rings. The second-order valence-electron chi connectivity index (χ2n) is 7.79. The largest absolute Gasteiger partial charge is 0.493 e. The molecule has 2 aromatic heterocycles. The summed E-state index contributed by atoms with van der Waals surface area (Å²) in [6.07, 6.45) is 4.38. The van der Waals surface area contributed by atoms with Crippen molar-refractivity contribution in [3.8, 4) is 11.5 Å². The molecule has 0 radical (unpaired) electrons. The maximum Gasteiger partial charge on any atom is 0.313 e. The molecule has 0 bridgehead atoms. The van der Waals surface area contributed by atoms with Crippen molar-refractivity contribution < 1.29 is 23.8 Å². The fourth-order valence-electron chi connectivity index (χ4n) is 4.10. The van der Waals surface area contributed by atoms with Gasteiger partial charge in [-0.3, -0.25) is 14.3 Å². The van der Waals surface area contributed by atoms with E-state index in [4.69, 9.17) is 9.47 Å². The zero-order chi connectivity index (χ0) is 22.7. The summed E-state index contributed by atoms with van der Waals surface area (Å²) in [5.74, 6) is 1.56. The zero-order valence-electron chi connectivity index (χ0n) is 18.3. The molecule has 0 aliphatic carbocycles. The van der Waals surface area contributed by atoms with E-state index in [9.17, 15) is 9.59 Å². The smallest absolute Gasteiger partial charge is 0.313 e. The summed E-state index contributed by atoms with van der Waals surface area (Å²) >= 11 is 0. The van der Waals surface area contributed by atoms with Crippen molar-refractivity contribution in [1.29, 1.82) is 0 Å². The Kier molecular flexibility index (Phi) is 6.20. The lowest BCUT2D eigenvalue weighted by molar-refractivity contribution is -0.152. The molecule has 168 valence electrons. The number of carbonyl (C=O) groups excluding carboxylic acids is 2. The lowest BCUT2D eigenvalue weighted by Crippen LogP contribution is -2.32. The molecule has 1 unspecified atom stereocenters. The van der Waals surface area contributed by atoms with E-state index >= 15 is 0 Å². The first-order valence-corrected chi connectivity index (χ1v) is 10.3. The molecule has 0 saturated heterocycles. The number of rotatable bonds is 8. The van der Waals surface area contributed by atoms with Crippen LogP contribution in [-0.2, 0) is 33.8 Å². The van der Waals surface area contributed by atoms with E-state index in [-0.39, 0.29) is 18.8 Å². The molecule has 3 aromatic rings. The number of nitrogens with zero attached hydrogens (tertiary/aromatic N) is 5. The van der Waals surface area contributed by atoms with Gasteiger partial charge in [-0.2, -0.15) is 5.10 Å². The van der Waals surface area contributed by atoms with Crippen molar-refractivity contribution in [2.75, 3.05) is 25.7 Å². The number of hydrogen-bond donors (Lipinski definition) is 0. The van der Waals surface area contributed by atoms with Crippen molar-refractivity contribution >= 4 is 29.2 Å². The quantitative estimate of drug-likeness (QED) is 0.296. The minimum absolute atomic E-state index is 0.00210. The molecule has 1 atom stereocenters. The van der Waals surface area contributed by atoms with Crippen LogP contribution in [-0.4, -0.2) is 53.0 Å². The predicted octanol–water partition coefficient (Wildman–Crippen LogP) is 2.13. The highest BCUT2D eigenvalue weighted by molar-refractivity contribution is 5.92. The molecule has 3 heterocycles. The highest BCUT2D eigenvalue weighted by atomic mass is 16.6. The molecule has 32 heavy (non-hydrogen) atoms. The van der Waals surface area contributed by atoms with Gasteiger partial charge in [-0.1, -0.05) is 6.92 Å². The van der Waals surface area contributed by atoms with Gasteiger partial charge in [-0.25, -0.2) is 9.97 Å². The Morgan fingerprint density at radius 2 is 2.00 bits per heavy atom. The molecular formula is C22H25N5O5. The monoisotopic (exact) mass is 439 g/mol. The first-order valence-electron chi connectivity index (χ1n) is 10.3. The van der Waals surface area contributed by atoms with Crippen LogP contribution in [0.1, 0.15) is 24.6 Å². The van der Waals surface area contributed by atoms with Crippen molar-refractivity contribution in [3.05, 3.63) is 35.9 Å². The minimum atomic E-state index is -0.526. The van der Waals surface area contributed by atoms with E-state index in [1.54, 1.807) is 20.5 Å². The van der Waals surface area contributed by atoms with Gasteiger partial charge in [-0.05, 0) is 12.0 Å². The van der Waals surface area contributed by atoms with Gasteiger partial charge in [0.1, 0.15) is 12.1 Å². The lowest BCUT2D eigenvalue weighted by atomic mass is 10.1. The highest BCUT2D eigenvalue weighted by Crippen LogP contribution is 2.36. The van der Waals surface area contributed by atoms with Gasteiger partial charge in [0.2, 0.25) is 0 Å². The van der Waals surface area contributed by atoms with Gasteiger partial charge in [0, 0.05) is 48.8 Å². The third-order valence-electron chi connectivity index (χ3n) is 5.61. The Hall–Kier alpha value is -3.69. The third-order valence-corrected chi connectivity index (χ3v) is 5.61. The van der Waals surface area contributed by atoms with Gasteiger partial charge < -0.3 is 19.1 Å². The molecular weight excluding hydrogens is 414 g/mol. The average molecular weight is 439 g/mol. The molecule has 0 saturated carbocycles. The van der Waals surface area contributed by atoms with E-state index in [0.29, 0.717) is 24.6 Å². The number of benzene rings is 1. The number of fused-ring (bicyclic) bond motifs is 2. The summed E-state index contributed by atoms with van der Waals surface area (Å²) in [6.45, 7) is 4.11.